The van der Waals surface area contributed by atoms with Gasteiger partial charge in [0.05, 0.1) is 5.02 Å². The van der Waals surface area contributed by atoms with Gasteiger partial charge >= 0.3 is 0 Å². The first-order chi connectivity index (χ1) is 7.59. The molecule has 1 unspecified atom stereocenters. The number of benzene rings is 1. The van der Waals surface area contributed by atoms with E-state index in [1.165, 1.54) is 18.4 Å². The molecule has 1 aromatic rings. The molecule has 1 heterocycles. The second-order valence-electron chi connectivity index (χ2n) is 4.63. The Kier molecular flexibility index (Phi) is 3.41. The minimum absolute atomic E-state index is 0.194. The van der Waals surface area contributed by atoms with E-state index in [1.807, 2.05) is 13.8 Å². The highest BCUT2D eigenvalue weighted by molar-refractivity contribution is 6.32. The third-order valence-electron chi connectivity index (χ3n) is 3.45. The molecule has 3 heteroatoms. The van der Waals surface area contributed by atoms with Gasteiger partial charge in [-0.3, -0.25) is 0 Å². The standard InChI is InChI=1S/C13H18ClNO/c1-8-6-12(16)13(14)9(2)11(8)7-10-4-3-5-15-10/h6,10,15-16H,3-5,7H2,1-2H3. The maximum absolute atomic E-state index is 9.62. The smallest absolute Gasteiger partial charge is 0.134 e. The summed E-state index contributed by atoms with van der Waals surface area (Å²) in [4.78, 5) is 0. The van der Waals surface area contributed by atoms with Crippen molar-refractivity contribution >= 4 is 11.6 Å². The number of halogens is 1. The van der Waals surface area contributed by atoms with E-state index >= 15 is 0 Å². The van der Waals surface area contributed by atoms with Crippen LogP contribution in [0, 0.1) is 13.8 Å². The van der Waals surface area contributed by atoms with Gasteiger partial charge in [0.25, 0.3) is 0 Å². The number of hydrogen-bond donors (Lipinski definition) is 2. The summed E-state index contributed by atoms with van der Waals surface area (Å²) in [6.07, 6.45) is 3.50. The molecule has 1 saturated heterocycles. The predicted molar refractivity (Wildman–Crippen MR) is 67.3 cm³/mol. The van der Waals surface area contributed by atoms with Crippen molar-refractivity contribution < 1.29 is 5.11 Å². The molecule has 1 aliphatic rings. The second kappa shape index (κ2) is 4.64. The van der Waals surface area contributed by atoms with Gasteiger partial charge in [0.1, 0.15) is 5.75 Å². The lowest BCUT2D eigenvalue weighted by Crippen LogP contribution is -2.24. The maximum Gasteiger partial charge on any atom is 0.134 e. The van der Waals surface area contributed by atoms with Crippen molar-refractivity contribution in [3.63, 3.8) is 0 Å². The molecule has 0 aromatic heterocycles. The van der Waals surface area contributed by atoms with Gasteiger partial charge in [-0.15, -0.1) is 0 Å². The van der Waals surface area contributed by atoms with Crippen molar-refractivity contribution in [2.75, 3.05) is 6.54 Å². The molecule has 16 heavy (non-hydrogen) atoms. The lowest BCUT2D eigenvalue weighted by atomic mass is 9.95. The minimum atomic E-state index is 0.194. The molecule has 0 aliphatic carbocycles. The normalized spacial score (nSPS) is 20.3. The van der Waals surface area contributed by atoms with Crippen LogP contribution in [0.15, 0.2) is 6.07 Å². The first-order valence-electron chi connectivity index (χ1n) is 5.80. The van der Waals surface area contributed by atoms with Gasteiger partial charge < -0.3 is 10.4 Å². The van der Waals surface area contributed by atoms with E-state index in [1.54, 1.807) is 6.07 Å². The number of hydrogen-bond acceptors (Lipinski definition) is 2. The summed E-state index contributed by atoms with van der Waals surface area (Å²) in [7, 11) is 0. The number of phenolic OH excluding ortho intramolecular Hbond substituents is 1. The van der Waals surface area contributed by atoms with Crippen molar-refractivity contribution in [3.05, 3.63) is 27.8 Å². The molecule has 0 spiro atoms. The third-order valence-corrected chi connectivity index (χ3v) is 3.93. The summed E-state index contributed by atoms with van der Waals surface area (Å²) in [5.74, 6) is 0.194. The predicted octanol–water partition coefficient (Wildman–Crippen LogP) is 2.96. The van der Waals surface area contributed by atoms with Crippen LogP contribution in [-0.4, -0.2) is 17.7 Å². The van der Waals surface area contributed by atoms with Crippen molar-refractivity contribution in [2.24, 2.45) is 0 Å². The Bertz CT molecular complexity index is 397. The number of rotatable bonds is 2. The van der Waals surface area contributed by atoms with Crippen LogP contribution >= 0.6 is 11.6 Å². The number of aromatic hydroxyl groups is 1. The van der Waals surface area contributed by atoms with Gasteiger partial charge in [0.15, 0.2) is 0 Å². The first-order valence-corrected chi connectivity index (χ1v) is 6.18. The van der Waals surface area contributed by atoms with E-state index in [0.29, 0.717) is 11.1 Å². The highest BCUT2D eigenvalue weighted by Gasteiger charge is 2.18. The van der Waals surface area contributed by atoms with Gasteiger partial charge in [-0.05, 0) is 62.4 Å². The zero-order valence-corrected chi connectivity index (χ0v) is 10.6. The molecule has 1 aliphatic heterocycles. The summed E-state index contributed by atoms with van der Waals surface area (Å²) >= 11 is 6.07. The van der Waals surface area contributed by atoms with Gasteiger partial charge in [0, 0.05) is 6.04 Å². The molecule has 2 nitrogen and oxygen atoms in total. The van der Waals surface area contributed by atoms with Gasteiger partial charge in [-0.2, -0.15) is 0 Å². The van der Waals surface area contributed by atoms with Gasteiger partial charge in [0.2, 0.25) is 0 Å². The highest BCUT2D eigenvalue weighted by Crippen LogP contribution is 2.32. The fourth-order valence-electron chi connectivity index (χ4n) is 2.47. The third kappa shape index (κ3) is 2.18. The quantitative estimate of drug-likeness (QED) is 0.832. The summed E-state index contributed by atoms with van der Waals surface area (Å²) in [6, 6.07) is 2.33. The molecule has 1 fully saturated rings. The van der Waals surface area contributed by atoms with Crippen molar-refractivity contribution in [1.29, 1.82) is 0 Å². The molecule has 0 amide bonds. The van der Waals surface area contributed by atoms with E-state index < -0.39 is 0 Å². The average Bonchev–Trinajstić information content (AvgIpc) is 2.74. The SMILES string of the molecule is Cc1cc(O)c(Cl)c(C)c1CC1CCCN1. The Hall–Kier alpha value is -0.730. The fraction of sp³-hybridized carbons (Fsp3) is 0.538. The summed E-state index contributed by atoms with van der Waals surface area (Å²) < 4.78 is 0. The molecule has 0 saturated carbocycles. The van der Waals surface area contributed by atoms with Crippen LogP contribution in [0.2, 0.25) is 5.02 Å². The largest absolute Gasteiger partial charge is 0.506 e. The Morgan fingerprint density at radius 2 is 2.25 bits per heavy atom. The van der Waals surface area contributed by atoms with Crippen LogP contribution in [0.3, 0.4) is 0 Å². The minimum Gasteiger partial charge on any atom is -0.506 e. The van der Waals surface area contributed by atoms with Crippen LogP contribution in [0.5, 0.6) is 5.75 Å². The van der Waals surface area contributed by atoms with E-state index in [-0.39, 0.29) is 5.75 Å². The number of aryl methyl sites for hydroxylation is 1. The monoisotopic (exact) mass is 239 g/mol. The van der Waals surface area contributed by atoms with E-state index in [9.17, 15) is 5.11 Å². The Morgan fingerprint density at radius 3 is 2.88 bits per heavy atom. The van der Waals surface area contributed by atoms with Crippen LogP contribution < -0.4 is 5.32 Å². The van der Waals surface area contributed by atoms with Crippen LogP contribution in [-0.2, 0) is 6.42 Å². The Balaban J connectivity index is 2.28. The summed E-state index contributed by atoms with van der Waals surface area (Å²) in [5.41, 5.74) is 3.43. The lowest BCUT2D eigenvalue weighted by molar-refractivity contribution is 0.474. The Morgan fingerprint density at radius 1 is 1.50 bits per heavy atom. The van der Waals surface area contributed by atoms with Crippen molar-refractivity contribution in [2.45, 2.75) is 39.2 Å². The molecule has 2 N–H and O–H groups in total. The summed E-state index contributed by atoms with van der Waals surface area (Å²) in [6.45, 7) is 5.14. The molecule has 0 bridgehead atoms. The molecular formula is C13H18ClNO. The zero-order chi connectivity index (χ0) is 11.7. The van der Waals surface area contributed by atoms with Crippen LogP contribution in [0.1, 0.15) is 29.5 Å². The van der Waals surface area contributed by atoms with Gasteiger partial charge in [-0.1, -0.05) is 11.6 Å². The van der Waals surface area contributed by atoms with E-state index in [0.717, 1.165) is 24.1 Å². The molecular weight excluding hydrogens is 222 g/mol. The van der Waals surface area contributed by atoms with Crippen LogP contribution in [0.25, 0.3) is 0 Å². The van der Waals surface area contributed by atoms with Crippen LogP contribution in [0.4, 0.5) is 0 Å². The number of phenols is 1. The van der Waals surface area contributed by atoms with Crippen molar-refractivity contribution in [3.8, 4) is 5.75 Å². The molecule has 0 radical (unpaired) electrons. The lowest BCUT2D eigenvalue weighted by Gasteiger charge is -2.16. The van der Waals surface area contributed by atoms with Gasteiger partial charge in [-0.25, -0.2) is 0 Å². The topological polar surface area (TPSA) is 32.3 Å². The second-order valence-corrected chi connectivity index (χ2v) is 5.01. The molecule has 1 atom stereocenters. The maximum atomic E-state index is 9.62. The summed E-state index contributed by atoms with van der Waals surface area (Å²) in [5, 5.41) is 13.6. The molecule has 1 aromatic carbocycles. The number of nitrogens with one attached hydrogen (secondary N) is 1. The first kappa shape index (κ1) is 11.7. The average molecular weight is 240 g/mol. The van der Waals surface area contributed by atoms with Crippen molar-refractivity contribution in [1.82, 2.24) is 5.32 Å². The molecule has 2 rings (SSSR count). The highest BCUT2D eigenvalue weighted by atomic mass is 35.5. The molecule has 88 valence electrons. The zero-order valence-electron chi connectivity index (χ0n) is 9.81. The van der Waals surface area contributed by atoms with E-state index in [2.05, 4.69) is 5.32 Å². The van der Waals surface area contributed by atoms with E-state index in [4.69, 9.17) is 11.6 Å². The Labute approximate surface area is 102 Å². The fourth-order valence-corrected chi connectivity index (χ4v) is 2.64.